The van der Waals surface area contributed by atoms with Gasteiger partial charge in [-0.05, 0) is 13.8 Å². The zero-order valence-corrected chi connectivity index (χ0v) is 10.5. The molecule has 1 unspecified atom stereocenters. The van der Waals surface area contributed by atoms with Crippen LogP contribution in [0.25, 0.3) is 0 Å². The van der Waals surface area contributed by atoms with E-state index in [1.165, 1.54) is 0 Å². The molecular formula is C11H14N2O6. The zero-order valence-electron chi connectivity index (χ0n) is 10.5. The second-order valence-electron chi connectivity index (χ2n) is 3.69. The minimum atomic E-state index is -1.41. The Labute approximate surface area is 109 Å². The molecule has 0 aliphatic heterocycles. The third kappa shape index (κ3) is 4.18. The molecule has 1 aromatic heterocycles. The van der Waals surface area contributed by atoms with Gasteiger partial charge >= 0.3 is 11.7 Å². The van der Waals surface area contributed by atoms with Crippen molar-refractivity contribution in [3.05, 3.63) is 27.9 Å². The fourth-order valence-corrected chi connectivity index (χ4v) is 1.33. The maximum Gasteiger partial charge on any atom is 0.342 e. The molecule has 1 N–H and O–H groups in total. The second-order valence-corrected chi connectivity index (χ2v) is 3.69. The summed E-state index contributed by atoms with van der Waals surface area (Å²) in [5, 5.41) is 19.5. The number of aromatic nitrogens is 1. The molecule has 0 fully saturated rings. The summed E-state index contributed by atoms with van der Waals surface area (Å²) in [6.07, 6.45) is 0.530. The molecule has 1 aromatic rings. The van der Waals surface area contributed by atoms with Gasteiger partial charge in [0.05, 0.1) is 11.5 Å². The topological polar surface area (TPSA) is 112 Å². The number of hydrogen-bond donors (Lipinski definition) is 1. The van der Waals surface area contributed by atoms with Crippen molar-refractivity contribution in [3.63, 3.8) is 0 Å². The van der Waals surface area contributed by atoms with E-state index in [4.69, 9.17) is 14.6 Å². The summed E-state index contributed by atoms with van der Waals surface area (Å²) in [4.78, 5) is 24.5. The summed E-state index contributed by atoms with van der Waals surface area (Å²) in [6.45, 7) is 4.40. The minimum Gasteiger partial charge on any atom is -0.477 e. The van der Waals surface area contributed by atoms with Gasteiger partial charge in [0.2, 0.25) is 5.88 Å². The summed E-state index contributed by atoms with van der Waals surface area (Å²) in [7, 11) is 0. The molecule has 0 bridgehead atoms. The van der Waals surface area contributed by atoms with Crippen LogP contribution < -0.4 is 4.74 Å². The van der Waals surface area contributed by atoms with E-state index in [1.807, 2.05) is 6.92 Å². The van der Waals surface area contributed by atoms with Crippen molar-refractivity contribution in [1.82, 2.24) is 4.98 Å². The molecule has 0 saturated heterocycles. The standard InChI is InChI=1S/C11H14N2O6/c1-3-18-6-7(2)19-10-4-8(11(14)15)9(5-12-10)13(16)17/h4-5,7H,3,6H2,1-2H3,(H,14,15). The quantitative estimate of drug-likeness (QED) is 0.590. The minimum absolute atomic E-state index is 0.00945. The van der Waals surface area contributed by atoms with E-state index < -0.39 is 22.1 Å². The van der Waals surface area contributed by atoms with Crippen LogP contribution in [-0.2, 0) is 4.74 Å². The van der Waals surface area contributed by atoms with Gasteiger partial charge in [-0.25, -0.2) is 9.78 Å². The molecule has 0 aromatic carbocycles. The van der Waals surface area contributed by atoms with Crippen LogP contribution in [0.15, 0.2) is 12.3 Å². The summed E-state index contributed by atoms with van der Waals surface area (Å²) in [5.41, 5.74) is -1.03. The number of hydrogen-bond acceptors (Lipinski definition) is 6. The van der Waals surface area contributed by atoms with Gasteiger partial charge in [0.15, 0.2) is 0 Å². The van der Waals surface area contributed by atoms with E-state index in [0.29, 0.717) is 13.2 Å². The van der Waals surface area contributed by atoms with E-state index in [-0.39, 0.29) is 12.0 Å². The highest BCUT2D eigenvalue weighted by Gasteiger charge is 2.22. The molecule has 0 spiro atoms. The number of ether oxygens (including phenoxy) is 2. The molecule has 0 saturated carbocycles. The maximum absolute atomic E-state index is 10.9. The Morgan fingerprint density at radius 2 is 2.32 bits per heavy atom. The molecule has 1 rings (SSSR count). The summed E-state index contributed by atoms with van der Waals surface area (Å²) in [5.74, 6) is -1.40. The van der Waals surface area contributed by atoms with Crippen LogP contribution in [0.1, 0.15) is 24.2 Å². The van der Waals surface area contributed by atoms with E-state index in [0.717, 1.165) is 12.3 Å². The number of nitro groups is 1. The molecule has 0 amide bonds. The first-order chi connectivity index (χ1) is 8.95. The van der Waals surface area contributed by atoms with Gasteiger partial charge < -0.3 is 14.6 Å². The number of carboxylic acid groups (broad SMARTS) is 1. The summed E-state index contributed by atoms with van der Waals surface area (Å²) < 4.78 is 10.4. The highest BCUT2D eigenvalue weighted by Crippen LogP contribution is 2.22. The molecule has 1 atom stereocenters. The molecule has 8 heteroatoms. The average Bonchev–Trinajstić information content (AvgIpc) is 2.35. The predicted octanol–water partition coefficient (Wildman–Crippen LogP) is 1.49. The largest absolute Gasteiger partial charge is 0.477 e. The Balaban J connectivity index is 2.90. The molecule has 0 radical (unpaired) electrons. The van der Waals surface area contributed by atoms with E-state index in [9.17, 15) is 14.9 Å². The molecular weight excluding hydrogens is 256 g/mol. The first-order valence-corrected chi connectivity index (χ1v) is 5.57. The lowest BCUT2D eigenvalue weighted by molar-refractivity contribution is -0.385. The third-order valence-electron chi connectivity index (χ3n) is 2.16. The molecule has 8 nitrogen and oxygen atoms in total. The second kappa shape index (κ2) is 6.64. The lowest BCUT2D eigenvalue weighted by atomic mass is 10.2. The van der Waals surface area contributed by atoms with Gasteiger partial charge in [-0.3, -0.25) is 10.1 Å². The van der Waals surface area contributed by atoms with Gasteiger partial charge in [0, 0.05) is 12.7 Å². The Hall–Kier alpha value is -2.22. The third-order valence-corrected chi connectivity index (χ3v) is 2.16. The van der Waals surface area contributed by atoms with Gasteiger partial charge in [-0.15, -0.1) is 0 Å². The smallest absolute Gasteiger partial charge is 0.342 e. The van der Waals surface area contributed by atoms with Crippen molar-refractivity contribution in [2.75, 3.05) is 13.2 Å². The van der Waals surface area contributed by atoms with Gasteiger partial charge in [-0.2, -0.15) is 0 Å². The number of pyridine rings is 1. The van der Waals surface area contributed by atoms with E-state index in [1.54, 1.807) is 6.92 Å². The fraction of sp³-hybridized carbons (Fsp3) is 0.455. The fourth-order valence-electron chi connectivity index (χ4n) is 1.33. The van der Waals surface area contributed by atoms with Gasteiger partial charge in [-0.1, -0.05) is 0 Å². The Kier molecular flexibility index (Phi) is 5.19. The SMILES string of the molecule is CCOCC(C)Oc1cc(C(=O)O)c([N+](=O)[O-])cn1. The summed E-state index contributed by atoms with van der Waals surface area (Å²) >= 11 is 0. The van der Waals surface area contributed by atoms with Crippen molar-refractivity contribution >= 4 is 11.7 Å². The van der Waals surface area contributed by atoms with Crippen LogP contribution in [-0.4, -0.2) is 40.3 Å². The lowest BCUT2D eigenvalue weighted by Crippen LogP contribution is -2.20. The Morgan fingerprint density at radius 3 is 2.84 bits per heavy atom. The molecule has 0 aliphatic rings. The number of rotatable bonds is 7. The van der Waals surface area contributed by atoms with Crippen LogP contribution in [0.5, 0.6) is 5.88 Å². The first kappa shape index (κ1) is 14.8. The molecule has 0 aliphatic carbocycles. The van der Waals surface area contributed by atoms with Crippen LogP contribution in [0.4, 0.5) is 5.69 Å². The normalized spacial score (nSPS) is 11.9. The molecule has 104 valence electrons. The Bertz CT molecular complexity index is 476. The maximum atomic E-state index is 10.9. The van der Waals surface area contributed by atoms with E-state index in [2.05, 4.69) is 4.98 Å². The van der Waals surface area contributed by atoms with Gasteiger partial charge in [0.1, 0.15) is 17.9 Å². The monoisotopic (exact) mass is 270 g/mol. The molecule has 1 heterocycles. The first-order valence-electron chi connectivity index (χ1n) is 5.57. The van der Waals surface area contributed by atoms with Crippen LogP contribution in [0.2, 0.25) is 0 Å². The number of carboxylic acids is 1. The van der Waals surface area contributed by atoms with Gasteiger partial charge in [0.25, 0.3) is 0 Å². The van der Waals surface area contributed by atoms with Crippen LogP contribution in [0.3, 0.4) is 0 Å². The number of carbonyl (C=O) groups is 1. The van der Waals surface area contributed by atoms with Crippen molar-refractivity contribution < 1.29 is 24.3 Å². The van der Waals surface area contributed by atoms with Crippen LogP contribution in [0, 0.1) is 10.1 Å². The van der Waals surface area contributed by atoms with E-state index >= 15 is 0 Å². The summed E-state index contributed by atoms with van der Waals surface area (Å²) in [6, 6.07) is 1.03. The highest BCUT2D eigenvalue weighted by atomic mass is 16.6. The predicted molar refractivity (Wildman–Crippen MR) is 64.4 cm³/mol. The molecule has 19 heavy (non-hydrogen) atoms. The zero-order chi connectivity index (χ0) is 14.4. The van der Waals surface area contributed by atoms with Crippen molar-refractivity contribution in [1.29, 1.82) is 0 Å². The van der Waals surface area contributed by atoms with Crippen LogP contribution >= 0.6 is 0 Å². The van der Waals surface area contributed by atoms with Crippen molar-refractivity contribution in [2.24, 2.45) is 0 Å². The lowest BCUT2D eigenvalue weighted by Gasteiger charge is -2.13. The van der Waals surface area contributed by atoms with Crippen molar-refractivity contribution in [2.45, 2.75) is 20.0 Å². The number of aromatic carboxylic acids is 1. The average molecular weight is 270 g/mol. The number of nitrogens with zero attached hydrogens (tertiary/aromatic N) is 2. The Morgan fingerprint density at radius 1 is 1.63 bits per heavy atom. The highest BCUT2D eigenvalue weighted by molar-refractivity contribution is 5.92. The van der Waals surface area contributed by atoms with Crippen molar-refractivity contribution in [3.8, 4) is 5.88 Å².